The van der Waals surface area contributed by atoms with Gasteiger partial charge in [0.1, 0.15) is 0 Å². The first-order valence-corrected chi connectivity index (χ1v) is 15.6. The zero-order valence-corrected chi connectivity index (χ0v) is 27.5. The third-order valence-electron chi connectivity index (χ3n) is 8.73. The van der Waals surface area contributed by atoms with Crippen LogP contribution in [-0.2, 0) is 0 Å². The van der Waals surface area contributed by atoms with E-state index in [1.165, 1.54) is 66.4 Å². The van der Waals surface area contributed by atoms with E-state index >= 15 is 0 Å². The van der Waals surface area contributed by atoms with Gasteiger partial charge in [-0.25, -0.2) is 0 Å². The minimum absolute atomic E-state index is 0.296. The molecule has 0 amide bonds. The first kappa shape index (κ1) is 33.6. The molecule has 0 heteroatoms. The Balaban J connectivity index is 1.85. The summed E-state index contributed by atoms with van der Waals surface area (Å²) in [6, 6.07) is 0. The van der Waals surface area contributed by atoms with Crippen LogP contribution in [-0.4, -0.2) is 0 Å². The molecule has 0 aromatic carbocycles. The summed E-state index contributed by atoms with van der Waals surface area (Å²) >= 11 is 0. The second-order valence-corrected chi connectivity index (χ2v) is 13.6. The summed E-state index contributed by atoms with van der Waals surface area (Å²) in [4.78, 5) is 0. The van der Waals surface area contributed by atoms with E-state index in [0.29, 0.717) is 16.7 Å². The lowest BCUT2D eigenvalue weighted by atomic mass is 9.68. The van der Waals surface area contributed by atoms with Gasteiger partial charge in [0.25, 0.3) is 0 Å². The Hall–Kier alpha value is -2.60. The molecule has 1 fully saturated rings. The van der Waals surface area contributed by atoms with Gasteiger partial charge in [-0.05, 0) is 95.5 Å². The Morgan fingerprint density at radius 2 is 1.35 bits per heavy atom. The molecule has 1 unspecified atom stereocenters. The van der Waals surface area contributed by atoms with E-state index in [-0.39, 0.29) is 0 Å². The highest BCUT2D eigenvalue weighted by atomic mass is 14.4. The number of allylic oxidation sites excluding steroid dienone is 20. The molecule has 218 valence electrons. The van der Waals surface area contributed by atoms with Crippen LogP contribution >= 0.6 is 0 Å². The largest absolute Gasteiger partial charge is 0.0805 e. The van der Waals surface area contributed by atoms with Gasteiger partial charge in [-0.3, -0.25) is 0 Å². The lowest BCUT2D eigenvalue weighted by Gasteiger charge is -2.37. The molecule has 0 spiro atoms. The molecule has 2 rings (SSSR count). The molecule has 0 aliphatic heterocycles. The maximum absolute atomic E-state index is 2.40. The lowest BCUT2D eigenvalue weighted by molar-refractivity contribution is 0.290. The molecule has 0 heterocycles. The van der Waals surface area contributed by atoms with Gasteiger partial charge >= 0.3 is 0 Å². The van der Waals surface area contributed by atoms with Gasteiger partial charge in [-0.1, -0.05) is 153 Å². The summed E-state index contributed by atoms with van der Waals surface area (Å²) < 4.78 is 0. The van der Waals surface area contributed by atoms with Gasteiger partial charge in [0.15, 0.2) is 0 Å². The van der Waals surface area contributed by atoms with Crippen molar-refractivity contribution >= 4 is 0 Å². The van der Waals surface area contributed by atoms with Crippen LogP contribution < -0.4 is 0 Å². The smallest absolute Gasteiger partial charge is 0.0104 e. The topological polar surface area (TPSA) is 0 Å². The second-order valence-electron chi connectivity index (χ2n) is 13.6. The molecular weight excluding hydrogens is 480 g/mol. The number of hydrogen-bond donors (Lipinski definition) is 0. The van der Waals surface area contributed by atoms with Crippen molar-refractivity contribution in [2.75, 3.05) is 0 Å². The van der Waals surface area contributed by atoms with E-state index in [9.17, 15) is 0 Å². The van der Waals surface area contributed by atoms with Crippen LogP contribution in [0.25, 0.3) is 0 Å². The van der Waals surface area contributed by atoms with Gasteiger partial charge in [0.2, 0.25) is 0 Å². The van der Waals surface area contributed by atoms with E-state index < -0.39 is 0 Å². The lowest BCUT2D eigenvalue weighted by Crippen LogP contribution is -2.24. The standard InChI is InChI=1S/C40H58/c1-31(19-13-21-33(3)25-27-37-35(5)23-15-29-39(37,7)8)17-11-12-18-32(2)20-14-22-34(4)26-28-38-36(6)24-16-30-40(38,9)10/h11,13-14,17-22,25-28,35H,12,15-16,23-24,29-30H2,1-10H3/b17-11+,20-14+,21-13+,28-26+,31-19+,32-18+,33-25+,34-22+,37-27+. The van der Waals surface area contributed by atoms with Crippen molar-refractivity contribution in [2.24, 2.45) is 16.7 Å². The molecule has 2 aliphatic rings. The summed E-state index contributed by atoms with van der Waals surface area (Å²) in [5.74, 6) is 0.696. The zero-order valence-electron chi connectivity index (χ0n) is 27.5. The van der Waals surface area contributed by atoms with Crippen molar-refractivity contribution in [1.82, 2.24) is 0 Å². The van der Waals surface area contributed by atoms with Crippen molar-refractivity contribution in [1.29, 1.82) is 0 Å². The number of rotatable bonds is 10. The first-order chi connectivity index (χ1) is 18.8. The summed E-state index contributed by atoms with van der Waals surface area (Å²) in [5, 5.41) is 0. The predicted octanol–water partition coefficient (Wildman–Crippen LogP) is 12.7. The maximum atomic E-state index is 2.40. The highest BCUT2D eigenvalue weighted by Crippen LogP contribution is 2.43. The number of hydrogen-bond acceptors (Lipinski definition) is 0. The first-order valence-electron chi connectivity index (χ1n) is 15.6. The zero-order chi connectivity index (χ0) is 29.8. The third-order valence-corrected chi connectivity index (χ3v) is 8.73. The molecular formula is C40H58. The van der Waals surface area contributed by atoms with E-state index in [0.717, 1.165) is 6.42 Å². The molecule has 0 N–H and O–H groups in total. The summed E-state index contributed by atoms with van der Waals surface area (Å²) in [6.45, 7) is 22.9. The van der Waals surface area contributed by atoms with E-state index in [2.05, 4.69) is 148 Å². The molecule has 1 atom stereocenters. The quantitative estimate of drug-likeness (QED) is 0.243. The van der Waals surface area contributed by atoms with E-state index in [1.54, 1.807) is 11.1 Å². The monoisotopic (exact) mass is 538 g/mol. The molecule has 0 aromatic heterocycles. The van der Waals surface area contributed by atoms with Crippen LogP contribution in [0.15, 0.2) is 118 Å². The van der Waals surface area contributed by atoms with Crippen molar-refractivity contribution in [3.05, 3.63) is 118 Å². The van der Waals surface area contributed by atoms with Crippen LogP contribution in [0.1, 0.15) is 114 Å². The fraction of sp³-hybridized carbons (Fsp3) is 0.500. The third kappa shape index (κ3) is 11.5. The predicted molar refractivity (Wildman–Crippen MR) is 181 cm³/mol. The highest BCUT2D eigenvalue weighted by molar-refractivity contribution is 5.37. The molecule has 0 radical (unpaired) electrons. The van der Waals surface area contributed by atoms with Crippen LogP contribution in [0.3, 0.4) is 0 Å². The minimum atomic E-state index is 0.296. The second kappa shape index (κ2) is 16.0. The molecule has 0 saturated heterocycles. The van der Waals surface area contributed by atoms with Gasteiger partial charge in [-0.15, -0.1) is 0 Å². The minimum Gasteiger partial charge on any atom is -0.0805 e. The molecule has 1 saturated carbocycles. The fourth-order valence-corrected chi connectivity index (χ4v) is 6.10. The Kier molecular flexibility index (Phi) is 13.4. The summed E-state index contributed by atoms with van der Waals surface area (Å²) in [5.41, 5.74) is 10.4. The van der Waals surface area contributed by atoms with Crippen LogP contribution in [0.4, 0.5) is 0 Å². The molecule has 2 aliphatic carbocycles. The SMILES string of the molecule is CC1=C(/C=C/C(C)=C/C=C/C(C)=C/C/C=C/C(C)=C/C=C/C(C)=C/C=C2\C(C)CCCC2(C)C)C(C)(C)CCC1. The molecule has 0 bridgehead atoms. The van der Waals surface area contributed by atoms with E-state index in [1.807, 2.05) is 0 Å². The van der Waals surface area contributed by atoms with Crippen molar-refractivity contribution in [2.45, 2.75) is 114 Å². The Morgan fingerprint density at radius 3 is 2.00 bits per heavy atom. The van der Waals surface area contributed by atoms with Crippen molar-refractivity contribution in [3.63, 3.8) is 0 Å². The van der Waals surface area contributed by atoms with Crippen molar-refractivity contribution < 1.29 is 0 Å². The van der Waals surface area contributed by atoms with Gasteiger partial charge in [0.05, 0.1) is 0 Å². The molecule has 0 nitrogen and oxygen atoms in total. The fourth-order valence-electron chi connectivity index (χ4n) is 6.10. The normalized spacial score (nSPS) is 24.6. The van der Waals surface area contributed by atoms with Crippen LogP contribution in [0.2, 0.25) is 0 Å². The Morgan fingerprint density at radius 1 is 0.750 bits per heavy atom. The van der Waals surface area contributed by atoms with Crippen molar-refractivity contribution in [3.8, 4) is 0 Å². The van der Waals surface area contributed by atoms with Gasteiger partial charge in [0, 0.05) is 0 Å². The summed E-state index contributed by atoms with van der Waals surface area (Å²) in [7, 11) is 0. The molecule has 0 aromatic rings. The van der Waals surface area contributed by atoms with Crippen LogP contribution in [0, 0.1) is 16.7 Å². The van der Waals surface area contributed by atoms with Gasteiger partial charge in [-0.2, -0.15) is 0 Å². The van der Waals surface area contributed by atoms with Gasteiger partial charge < -0.3 is 0 Å². The summed E-state index contributed by atoms with van der Waals surface area (Å²) in [6.07, 6.45) is 37.9. The Bertz CT molecular complexity index is 1150. The maximum Gasteiger partial charge on any atom is -0.0104 e. The van der Waals surface area contributed by atoms with E-state index in [4.69, 9.17) is 0 Å². The Labute approximate surface area is 248 Å². The average molecular weight is 539 g/mol. The molecule has 40 heavy (non-hydrogen) atoms. The van der Waals surface area contributed by atoms with Crippen LogP contribution in [0.5, 0.6) is 0 Å². The highest BCUT2D eigenvalue weighted by Gasteiger charge is 2.30. The average Bonchev–Trinajstić information content (AvgIpc) is 2.85.